The molecule has 1 saturated heterocycles. The molecule has 3 aromatic rings. The van der Waals surface area contributed by atoms with Crippen LogP contribution in [0.15, 0.2) is 30.5 Å². The maximum Gasteiger partial charge on any atom is 0.421 e. The van der Waals surface area contributed by atoms with E-state index in [0.29, 0.717) is 36.5 Å². The number of fused-ring (bicyclic) bond motifs is 1. The van der Waals surface area contributed by atoms with Gasteiger partial charge in [0.1, 0.15) is 11.4 Å². The number of hydrogen-bond acceptors (Lipinski definition) is 7. The third kappa shape index (κ3) is 5.45. The molecule has 11 heteroatoms. The molecule has 1 fully saturated rings. The summed E-state index contributed by atoms with van der Waals surface area (Å²) in [5, 5.41) is 5.13. The molecular formula is C22H24ClF3N6O. The van der Waals surface area contributed by atoms with E-state index in [1.54, 1.807) is 6.92 Å². The number of nitrogens with one attached hydrogen (secondary N) is 1. The molecule has 2 aromatic heterocycles. The standard InChI is InChI=1S/C22H24ClF3N6O/c1-13(29-20-15(22(24,25)26)12-28-21(27)31-20)18-11-14-3-2-4-16(23)19(14)17(30-18)5-6-32-7-9-33-10-8-32/h2-4,11-13H,5-10H2,1H3,(H3,27,28,29,31)/t13-/m0/s1. The third-order valence-corrected chi connectivity index (χ3v) is 5.90. The predicted molar refractivity (Wildman–Crippen MR) is 121 cm³/mol. The highest BCUT2D eigenvalue weighted by Crippen LogP contribution is 2.35. The first-order valence-electron chi connectivity index (χ1n) is 10.6. The minimum absolute atomic E-state index is 0.248. The normalized spacial score (nSPS) is 16.2. The number of nitrogens with zero attached hydrogens (tertiary/aromatic N) is 4. The number of ether oxygens (including phenoxy) is 1. The predicted octanol–water partition coefficient (Wildman–Crippen LogP) is 4.33. The average molecular weight is 481 g/mol. The van der Waals surface area contributed by atoms with Crippen LogP contribution in [0.2, 0.25) is 5.02 Å². The fraction of sp³-hybridized carbons (Fsp3) is 0.409. The fourth-order valence-electron chi connectivity index (χ4n) is 3.85. The molecule has 176 valence electrons. The average Bonchev–Trinajstić information content (AvgIpc) is 2.77. The molecule has 1 aliphatic heterocycles. The van der Waals surface area contributed by atoms with Gasteiger partial charge >= 0.3 is 6.18 Å². The minimum atomic E-state index is -4.62. The second-order valence-electron chi connectivity index (χ2n) is 7.89. The summed E-state index contributed by atoms with van der Waals surface area (Å²) in [6, 6.07) is 6.82. The Hall–Kier alpha value is -2.69. The summed E-state index contributed by atoms with van der Waals surface area (Å²) in [4.78, 5) is 14.3. The molecule has 4 rings (SSSR count). The number of benzene rings is 1. The Kier molecular flexibility index (Phi) is 6.87. The van der Waals surface area contributed by atoms with Crippen molar-refractivity contribution in [1.82, 2.24) is 19.9 Å². The Morgan fingerprint density at radius 3 is 2.73 bits per heavy atom. The maximum absolute atomic E-state index is 13.4. The quantitative estimate of drug-likeness (QED) is 0.543. The number of nitrogens with two attached hydrogens (primary N) is 1. The zero-order valence-corrected chi connectivity index (χ0v) is 18.7. The summed E-state index contributed by atoms with van der Waals surface area (Å²) in [5.41, 5.74) is 5.92. The Morgan fingerprint density at radius 1 is 1.24 bits per heavy atom. The molecular weight excluding hydrogens is 457 g/mol. The maximum atomic E-state index is 13.4. The van der Waals surface area contributed by atoms with Crippen molar-refractivity contribution in [3.8, 4) is 0 Å². The van der Waals surface area contributed by atoms with E-state index in [0.717, 1.165) is 36.1 Å². The highest BCUT2D eigenvalue weighted by Gasteiger charge is 2.35. The van der Waals surface area contributed by atoms with Gasteiger partial charge < -0.3 is 15.8 Å². The number of hydrogen-bond donors (Lipinski definition) is 2. The molecule has 0 radical (unpaired) electrons. The van der Waals surface area contributed by atoms with Gasteiger partial charge in [0, 0.05) is 37.6 Å². The molecule has 0 unspecified atom stereocenters. The molecule has 3 N–H and O–H groups in total. The van der Waals surface area contributed by atoms with Crippen molar-refractivity contribution >= 4 is 34.1 Å². The number of nitrogen functional groups attached to an aromatic ring is 1. The van der Waals surface area contributed by atoms with Gasteiger partial charge in [0.25, 0.3) is 0 Å². The second-order valence-corrected chi connectivity index (χ2v) is 8.30. The Labute approximate surface area is 194 Å². The number of aromatic nitrogens is 3. The van der Waals surface area contributed by atoms with Crippen LogP contribution in [0.1, 0.15) is 29.9 Å². The van der Waals surface area contributed by atoms with Gasteiger partial charge in [-0.2, -0.15) is 18.2 Å². The lowest BCUT2D eigenvalue weighted by atomic mass is 10.0. The van der Waals surface area contributed by atoms with Gasteiger partial charge in [-0.3, -0.25) is 9.88 Å². The van der Waals surface area contributed by atoms with Gasteiger partial charge in [0.15, 0.2) is 0 Å². The van der Waals surface area contributed by atoms with Crippen LogP contribution in [0.5, 0.6) is 0 Å². The van der Waals surface area contributed by atoms with Crippen LogP contribution >= 0.6 is 11.6 Å². The summed E-state index contributed by atoms with van der Waals surface area (Å²) in [6.45, 7) is 5.59. The Morgan fingerprint density at radius 2 is 2.00 bits per heavy atom. The molecule has 0 spiro atoms. The van der Waals surface area contributed by atoms with Crippen LogP contribution < -0.4 is 11.1 Å². The van der Waals surface area contributed by atoms with Crippen molar-refractivity contribution in [2.24, 2.45) is 0 Å². The molecule has 7 nitrogen and oxygen atoms in total. The van der Waals surface area contributed by atoms with E-state index in [1.807, 2.05) is 24.3 Å². The highest BCUT2D eigenvalue weighted by molar-refractivity contribution is 6.35. The number of alkyl halides is 3. The summed E-state index contributed by atoms with van der Waals surface area (Å²) in [5.74, 6) is -0.632. The molecule has 1 atom stereocenters. The van der Waals surface area contributed by atoms with E-state index in [4.69, 9.17) is 27.1 Å². The number of halogens is 4. The molecule has 0 amide bonds. The van der Waals surface area contributed by atoms with Crippen LogP contribution in [0.3, 0.4) is 0 Å². The summed E-state index contributed by atoms with van der Waals surface area (Å²) < 4.78 is 45.7. The first-order valence-corrected chi connectivity index (χ1v) is 10.9. The molecule has 0 saturated carbocycles. The van der Waals surface area contributed by atoms with Crippen LogP contribution in [0.4, 0.5) is 24.9 Å². The molecule has 1 aromatic carbocycles. The zero-order valence-electron chi connectivity index (χ0n) is 18.0. The molecule has 0 aliphatic carbocycles. The van der Waals surface area contributed by atoms with Crippen LogP contribution in [0, 0.1) is 0 Å². The number of anilines is 2. The van der Waals surface area contributed by atoms with Crippen molar-refractivity contribution < 1.29 is 17.9 Å². The lowest BCUT2D eigenvalue weighted by Gasteiger charge is -2.26. The van der Waals surface area contributed by atoms with Crippen molar-refractivity contribution in [3.63, 3.8) is 0 Å². The van der Waals surface area contributed by atoms with E-state index in [9.17, 15) is 13.2 Å². The molecule has 33 heavy (non-hydrogen) atoms. The monoisotopic (exact) mass is 480 g/mol. The van der Waals surface area contributed by atoms with Crippen molar-refractivity contribution in [1.29, 1.82) is 0 Å². The van der Waals surface area contributed by atoms with Crippen molar-refractivity contribution in [2.45, 2.75) is 25.6 Å². The van der Waals surface area contributed by atoms with Crippen LogP contribution in [-0.2, 0) is 17.3 Å². The van der Waals surface area contributed by atoms with Gasteiger partial charge in [-0.15, -0.1) is 0 Å². The topological polar surface area (TPSA) is 89.2 Å². The highest BCUT2D eigenvalue weighted by atomic mass is 35.5. The number of rotatable bonds is 6. The van der Waals surface area contributed by atoms with E-state index in [1.165, 1.54) is 0 Å². The van der Waals surface area contributed by atoms with E-state index in [-0.39, 0.29) is 11.8 Å². The van der Waals surface area contributed by atoms with Gasteiger partial charge in [-0.25, -0.2) is 4.98 Å². The lowest BCUT2D eigenvalue weighted by Crippen LogP contribution is -2.37. The first kappa shape index (κ1) is 23.5. The molecule has 1 aliphatic rings. The summed E-state index contributed by atoms with van der Waals surface area (Å²) in [7, 11) is 0. The number of pyridine rings is 1. The lowest BCUT2D eigenvalue weighted by molar-refractivity contribution is -0.137. The van der Waals surface area contributed by atoms with Gasteiger partial charge in [-0.05, 0) is 24.4 Å². The fourth-order valence-corrected chi connectivity index (χ4v) is 4.14. The van der Waals surface area contributed by atoms with Crippen LogP contribution in [-0.4, -0.2) is 52.7 Å². The Bertz CT molecular complexity index is 1140. The van der Waals surface area contributed by atoms with Gasteiger partial charge in [0.2, 0.25) is 5.95 Å². The summed E-state index contributed by atoms with van der Waals surface area (Å²) in [6.07, 6.45) is -3.29. The SMILES string of the molecule is C[C@H](Nc1nc(N)ncc1C(F)(F)F)c1cc2cccc(Cl)c2c(CCN2CCOCC2)n1. The Balaban J connectivity index is 1.66. The largest absolute Gasteiger partial charge is 0.421 e. The number of morpholine rings is 1. The zero-order chi connectivity index (χ0) is 23.6. The van der Waals surface area contributed by atoms with E-state index < -0.39 is 17.8 Å². The van der Waals surface area contributed by atoms with E-state index in [2.05, 4.69) is 20.2 Å². The van der Waals surface area contributed by atoms with E-state index >= 15 is 0 Å². The van der Waals surface area contributed by atoms with Gasteiger partial charge in [-0.1, -0.05) is 23.7 Å². The van der Waals surface area contributed by atoms with Crippen molar-refractivity contribution in [3.05, 3.63) is 52.4 Å². The van der Waals surface area contributed by atoms with Gasteiger partial charge in [0.05, 0.1) is 35.7 Å². The molecule has 3 heterocycles. The third-order valence-electron chi connectivity index (χ3n) is 5.58. The first-order chi connectivity index (χ1) is 15.7. The van der Waals surface area contributed by atoms with Crippen LogP contribution in [0.25, 0.3) is 10.8 Å². The summed E-state index contributed by atoms with van der Waals surface area (Å²) >= 11 is 6.49. The minimum Gasteiger partial charge on any atom is -0.379 e. The molecule has 0 bridgehead atoms. The van der Waals surface area contributed by atoms with Crippen molar-refractivity contribution in [2.75, 3.05) is 43.9 Å². The second kappa shape index (κ2) is 9.66. The smallest absolute Gasteiger partial charge is 0.379 e.